The largest absolute Gasteiger partial charge is 0.507 e. The number of aryl methyl sites for hydroxylation is 2. The molecule has 4 aromatic rings. The standard InChI is InChI=1S/C28H24N2O5S/c1-15-12-16(2)23-21(13-15)36-28(29-23)30-24(19-10-5-6-11-20(19)35-4)22(26(32)27(30)33)25(31)17-8-7-9-18(14-17)34-3/h5-14,24,31H,1-4H3/t24-/m0/s1. The number of para-hydroxylation sites is 1. The lowest BCUT2D eigenvalue weighted by atomic mass is 9.94. The number of anilines is 1. The van der Waals surface area contributed by atoms with Crippen molar-refractivity contribution in [2.24, 2.45) is 0 Å². The molecule has 0 radical (unpaired) electrons. The molecular weight excluding hydrogens is 476 g/mol. The molecule has 1 atom stereocenters. The molecule has 7 nitrogen and oxygen atoms in total. The van der Waals surface area contributed by atoms with Crippen LogP contribution >= 0.6 is 11.3 Å². The smallest absolute Gasteiger partial charge is 0.301 e. The molecule has 0 saturated carbocycles. The van der Waals surface area contributed by atoms with Gasteiger partial charge in [-0.05, 0) is 49.2 Å². The predicted octanol–water partition coefficient (Wildman–Crippen LogP) is 5.56. The Morgan fingerprint density at radius 1 is 1.00 bits per heavy atom. The molecule has 0 bridgehead atoms. The molecule has 1 fully saturated rings. The van der Waals surface area contributed by atoms with Gasteiger partial charge in [0.2, 0.25) is 0 Å². The van der Waals surface area contributed by atoms with E-state index in [2.05, 4.69) is 0 Å². The zero-order valence-electron chi connectivity index (χ0n) is 20.2. The molecule has 1 aromatic heterocycles. The van der Waals surface area contributed by atoms with Crippen molar-refractivity contribution in [3.8, 4) is 11.5 Å². The Labute approximate surface area is 212 Å². The van der Waals surface area contributed by atoms with E-state index in [-0.39, 0.29) is 11.3 Å². The fourth-order valence-corrected chi connectivity index (χ4v) is 5.77. The van der Waals surface area contributed by atoms with Gasteiger partial charge < -0.3 is 14.6 Å². The number of thiazole rings is 1. The summed E-state index contributed by atoms with van der Waals surface area (Å²) < 4.78 is 11.8. The highest BCUT2D eigenvalue weighted by Crippen LogP contribution is 2.46. The second-order valence-corrected chi connectivity index (χ2v) is 9.58. The van der Waals surface area contributed by atoms with Crippen LogP contribution in [0.5, 0.6) is 11.5 Å². The highest BCUT2D eigenvalue weighted by Gasteiger charge is 2.49. The van der Waals surface area contributed by atoms with Gasteiger partial charge in [0.05, 0.1) is 30.0 Å². The number of aliphatic hydroxyl groups is 1. The normalized spacial score (nSPS) is 17.1. The van der Waals surface area contributed by atoms with Crippen LogP contribution in [-0.2, 0) is 9.59 Å². The van der Waals surface area contributed by atoms with Crippen LogP contribution in [0.4, 0.5) is 5.13 Å². The van der Waals surface area contributed by atoms with Crippen LogP contribution in [0, 0.1) is 13.8 Å². The number of hydrogen-bond acceptors (Lipinski definition) is 7. The van der Waals surface area contributed by atoms with Crippen LogP contribution in [0.25, 0.3) is 16.0 Å². The van der Waals surface area contributed by atoms with Crippen molar-refractivity contribution in [3.05, 3.63) is 88.5 Å². The van der Waals surface area contributed by atoms with Gasteiger partial charge in [-0.1, -0.05) is 47.7 Å². The zero-order chi connectivity index (χ0) is 25.6. The van der Waals surface area contributed by atoms with Gasteiger partial charge in [-0.15, -0.1) is 0 Å². The fourth-order valence-electron chi connectivity index (χ4n) is 4.60. The summed E-state index contributed by atoms with van der Waals surface area (Å²) in [7, 11) is 3.04. The van der Waals surface area contributed by atoms with E-state index in [1.165, 1.54) is 30.5 Å². The van der Waals surface area contributed by atoms with Crippen molar-refractivity contribution >= 4 is 44.1 Å². The van der Waals surface area contributed by atoms with Gasteiger partial charge >= 0.3 is 5.91 Å². The molecule has 0 spiro atoms. The summed E-state index contributed by atoms with van der Waals surface area (Å²) in [5.41, 5.74) is 3.73. The topological polar surface area (TPSA) is 89.0 Å². The summed E-state index contributed by atoms with van der Waals surface area (Å²) in [5, 5.41) is 11.8. The molecule has 1 saturated heterocycles. The first-order valence-electron chi connectivity index (χ1n) is 11.3. The Bertz CT molecular complexity index is 1550. The zero-order valence-corrected chi connectivity index (χ0v) is 21.1. The minimum absolute atomic E-state index is 0.0371. The van der Waals surface area contributed by atoms with Gasteiger partial charge in [0, 0.05) is 11.1 Å². The number of methoxy groups -OCH3 is 2. The summed E-state index contributed by atoms with van der Waals surface area (Å²) in [5.74, 6) is -0.848. The Hall–Kier alpha value is -4.17. The van der Waals surface area contributed by atoms with Crippen LogP contribution in [0.2, 0.25) is 0 Å². The number of fused-ring (bicyclic) bond motifs is 1. The highest BCUT2D eigenvalue weighted by molar-refractivity contribution is 7.22. The van der Waals surface area contributed by atoms with Crippen LogP contribution in [0.3, 0.4) is 0 Å². The third-order valence-electron chi connectivity index (χ3n) is 6.25. The number of aromatic nitrogens is 1. The van der Waals surface area contributed by atoms with Crippen molar-refractivity contribution in [1.82, 2.24) is 4.98 Å². The first-order valence-corrected chi connectivity index (χ1v) is 12.1. The van der Waals surface area contributed by atoms with E-state index >= 15 is 0 Å². The molecule has 2 heterocycles. The number of carbonyl (C=O) groups is 2. The molecule has 5 rings (SSSR count). The Balaban J connectivity index is 1.77. The monoisotopic (exact) mass is 500 g/mol. The molecule has 182 valence electrons. The number of ether oxygens (including phenoxy) is 2. The van der Waals surface area contributed by atoms with E-state index in [4.69, 9.17) is 14.5 Å². The Kier molecular flexibility index (Phi) is 5.97. The second-order valence-electron chi connectivity index (χ2n) is 8.57. The summed E-state index contributed by atoms with van der Waals surface area (Å²) in [4.78, 5) is 33.1. The van der Waals surface area contributed by atoms with Gasteiger partial charge in [0.1, 0.15) is 23.3 Å². The van der Waals surface area contributed by atoms with Gasteiger partial charge in [-0.2, -0.15) is 0 Å². The van der Waals surface area contributed by atoms with Crippen molar-refractivity contribution in [3.63, 3.8) is 0 Å². The van der Waals surface area contributed by atoms with Gasteiger partial charge in [0.15, 0.2) is 5.13 Å². The molecule has 1 aliphatic rings. The lowest BCUT2D eigenvalue weighted by Crippen LogP contribution is -2.29. The summed E-state index contributed by atoms with van der Waals surface area (Å²) in [6.07, 6.45) is 0. The maximum absolute atomic E-state index is 13.5. The number of aliphatic hydroxyl groups excluding tert-OH is 1. The van der Waals surface area contributed by atoms with Crippen molar-refractivity contribution in [2.45, 2.75) is 19.9 Å². The van der Waals surface area contributed by atoms with Crippen molar-refractivity contribution in [2.75, 3.05) is 19.1 Å². The maximum Gasteiger partial charge on any atom is 0.301 e. The summed E-state index contributed by atoms with van der Waals surface area (Å²) in [6.45, 7) is 3.97. The Morgan fingerprint density at radius 2 is 1.78 bits per heavy atom. The van der Waals surface area contributed by atoms with E-state index in [1.807, 2.05) is 26.0 Å². The number of carbonyl (C=O) groups excluding carboxylic acids is 2. The predicted molar refractivity (Wildman–Crippen MR) is 140 cm³/mol. The SMILES string of the molecule is COc1cccc(C(O)=C2C(=O)C(=O)N(c3nc4c(C)cc(C)cc4s3)[C@H]2c2ccccc2OC)c1. The number of nitrogens with zero attached hydrogens (tertiary/aromatic N) is 2. The average molecular weight is 501 g/mol. The minimum atomic E-state index is -0.936. The van der Waals surface area contributed by atoms with Crippen molar-refractivity contribution in [1.29, 1.82) is 0 Å². The van der Waals surface area contributed by atoms with E-state index < -0.39 is 17.7 Å². The molecular formula is C28H24N2O5S. The van der Waals surface area contributed by atoms with E-state index in [1.54, 1.807) is 48.5 Å². The quantitative estimate of drug-likeness (QED) is 0.219. The lowest BCUT2D eigenvalue weighted by Gasteiger charge is -2.24. The third kappa shape index (κ3) is 3.79. The molecule has 3 aromatic carbocycles. The van der Waals surface area contributed by atoms with Gasteiger partial charge in [-0.3, -0.25) is 14.5 Å². The molecule has 1 aliphatic heterocycles. The number of ketones is 1. The van der Waals surface area contributed by atoms with Crippen molar-refractivity contribution < 1.29 is 24.2 Å². The number of benzene rings is 3. The van der Waals surface area contributed by atoms with E-state index in [9.17, 15) is 14.7 Å². The summed E-state index contributed by atoms with van der Waals surface area (Å²) in [6, 6.07) is 17.0. The number of amides is 1. The number of rotatable bonds is 5. The van der Waals surface area contributed by atoms with E-state index in [0.29, 0.717) is 27.8 Å². The van der Waals surface area contributed by atoms with Crippen LogP contribution < -0.4 is 14.4 Å². The van der Waals surface area contributed by atoms with E-state index in [0.717, 1.165) is 21.3 Å². The molecule has 1 N–H and O–H groups in total. The first-order chi connectivity index (χ1) is 17.3. The third-order valence-corrected chi connectivity index (χ3v) is 7.25. The molecule has 0 unspecified atom stereocenters. The average Bonchev–Trinajstić information content (AvgIpc) is 3.42. The summed E-state index contributed by atoms with van der Waals surface area (Å²) >= 11 is 1.33. The molecule has 8 heteroatoms. The van der Waals surface area contributed by atoms with Crippen LogP contribution in [0.1, 0.15) is 28.3 Å². The van der Waals surface area contributed by atoms with Gasteiger partial charge in [0.25, 0.3) is 5.78 Å². The van der Waals surface area contributed by atoms with Crippen LogP contribution in [-0.4, -0.2) is 36.0 Å². The van der Waals surface area contributed by atoms with Crippen LogP contribution in [0.15, 0.2) is 66.2 Å². The highest BCUT2D eigenvalue weighted by atomic mass is 32.1. The number of hydrogen-bond donors (Lipinski definition) is 1. The number of Topliss-reactive ketones (excluding diaryl/α,β-unsaturated/α-hetero) is 1. The molecule has 36 heavy (non-hydrogen) atoms. The molecule has 0 aliphatic carbocycles. The lowest BCUT2D eigenvalue weighted by molar-refractivity contribution is -0.132. The minimum Gasteiger partial charge on any atom is -0.507 e. The molecule has 1 amide bonds. The Morgan fingerprint density at radius 3 is 2.53 bits per heavy atom. The second kappa shape index (κ2) is 9.13. The van der Waals surface area contributed by atoms with Gasteiger partial charge in [-0.25, -0.2) is 4.98 Å². The fraction of sp³-hybridized carbons (Fsp3) is 0.179. The maximum atomic E-state index is 13.5. The first kappa shape index (κ1) is 23.6.